The number of imidazole rings is 1. The molecule has 0 saturated heterocycles. The van der Waals surface area contributed by atoms with Gasteiger partial charge in [-0.2, -0.15) is 0 Å². The minimum atomic E-state index is -0.342. The number of halogens is 1. The van der Waals surface area contributed by atoms with Crippen molar-refractivity contribution in [3.05, 3.63) is 59.3 Å². The van der Waals surface area contributed by atoms with Gasteiger partial charge in [0, 0.05) is 24.3 Å². The van der Waals surface area contributed by atoms with Gasteiger partial charge in [0.05, 0.1) is 11.6 Å². The van der Waals surface area contributed by atoms with Gasteiger partial charge in [0.25, 0.3) is 5.91 Å². The van der Waals surface area contributed by atoms with Crippen LogP contribution in [0.3, 0.4) is 0 Å². The molecule has 1 amide bonds. The number of rotatable bonds is 4. The fourth-order valence-corrected chi connectivity index (χ4v) is 2.25. The maximum Gasteiger partial charge on any atom is 0.275 e. The molecule has 0 aliphatic carbocycles. The molecule has 3 aromatic rings. The van der Waals surface area contributed by atoms with Gasteiger partial charge in [0.1, 0.15) is 17.8 Å². The average molecular weight is 374 g/mol. The second kappa shape index (κ2) is 6.57. The van der Waals surface area contributed by atoms with E-state index in [2.05, 4.69) is 36.2 Å². The number of nitrogens with one attached hydrogen (secondary N) is 1. The Morgan fingerprint density at radius 2 is 2.09 bits per heavy atom. The number of nitrogens with zero attached hydrogens (tertiary/aromatic N) is 4. The topological polar surface area (TPSA) is 81.9 Å². The largest absolute Gasteiger partial charge is 0.497 e. The van der Waals surface area contributed by atoms with Crippen LogP contribution in [-0.2, 0) is 0 Å². The molecule has 0 spiro atoms. The third kappa shape index (κ3) is 3.37. The van der Waals surface area contributed by atoms with E-state index in [1.807, 2.05) is 0 Å². The average Bonchev–Trinajstić information content (AvgIpc) is 3.10. The maximum absolute atomic E-state index is 12.4. The molecule has 1 aromatic carbocycles. The first-order valence-corrected chi connectivity index (χ1v) is 7.43. The normalized spacial score (nSPS) is 10.3. The lowest BCUT2D eigenvalue weighted by Gasteiger charge is -2.08. The van der Waals surface area contributed by atoms with Crippen molar-refractivity contribution in [3.63, 3.8) is 0 Å². The first kappa shape index (κ1) is 15.2. The summed E-state index contributed by atoms with van der Waals surface area (Å²) in [6.45, 7) is 0. The van der Waals surface area contributed by atoms with Gasteiger partial charge in [0.15, 0.2) is 0 Å². The van der Waals surface area contributed by atoms with Crippen molar-refractivity contribution in [1.82, 2.24) is 19.5 Å². The number of hydrogen-bond donors (Lipinski definition) is 1. The van der Waals surface area contributed by atoms with Crippen LogP contribution in [-0.4, -0.2) is 32.5 Å². The predicted molar refractivity (Wildman–Crippen MR) is 87.8 cm³/mol. The number of benzene rings is 1. The molecule has 7 nitrogen and oxygen atoms in total. The second-order valence-electron chi connectivity index (χ2n) is 4.52. The minimum Gasteiger partial charge on any atom is -0.497 e. The Morgan fingerprint density at radius 1 is 1.30 bits per heavy atom. The van der Waals surface area contributed by atoms with Gasteiger partial charge in [-0.15, -0.1) is 0 Å². The zero-order valence-corrected chi connectivity index (χ0v) is 13.7. The molecule has 0 unspecified atom stereocenters. The summed E-state index contributed by atoms with van der Waals surface area (Å²) in [6, 6.07) is 7.04. The van der Waals surface area contributed by atoms with E-state index in [0.29, 0.717) is 21.9 Å². The molecule has 0 radical (unpaired) electrons. The molecule has 0 aliphatic rings. The number of amides is 1. The van der Waals surface area contributed by atoms with E-state index in [9.17, 15) is 4.79 Å². The zero-order chi connectivity index (χ0) is 16.2. The highest BCUT2D eigenvalue weighted by molar-refractivity contribution is 9.10. The Kier molecular flexibility index (Phi) is 4.33. The quantitative estimate of drug-likeness (QED) is 0.760. The molecule has 0 fully saturated rings. The molecule has 2 heterocycles. The number of aromatic nitrogens is 4. The first-order valence-electron chi connectivity index (χ1n) is 6.63. The van der Waals surface area contributed by atoms with Crippen molar-refractivity contribution < 1.29 is 9.53 Å². The Balaban J connectivity index is 1.85. The van der Waals surface area contributed by atoms with Crippen molar-refractivity contribution in [3.8, 4) is 11.7 Å². The fourth-order valence-electron chi connectivity index (χ4n) is 1.88. The molecule has 23 heavy (non-hydrogen) atoms. The Labute approximate surface area is 140 Å². The summed E-state index contributed by atoms with van der Waals surface area (Å²) in [6.07, 6.45) is 6.41. The second-order valence-corrected chi connectivity index (χ2v) is 5.37. The third-order valence-corrected chi connectivity index (χ3v) is 3.61. The molecule has 2 aromatic heterocycles. The van der Waals surface area contributed by atoms with Crippen LogP contribution in [0.5, 0.6) is 5.75 Å². The monoisotopic (exact) mass is 373 g/mol. The smallest absolute Gasteiger partial charge is 0.275 e. The van der Waals surface area contributed by atoms with E-state index in [4.69, 9.17) is 4.74 Å². The molecule has 116 valence electrons. The lowest BCUT2D eigenvalue weighted by molar-refractivity contribution is 0.102. The number of carbonyl (C=O) groups excluding carboxylic acids is 1. The molecule has 0 atom stereocenters. The van der Waals surface area contributed by atoms with E-state index >= 15 is 0 Å². The van der Waals surface area contributed by atoms with E-state index in [-0.39, 0.29) is 11.6 Å². The fraction of sp³-hybridized carbons (Fsp3) is 0.0667. The molecule has 3 rings (SSSR count). The lowest BCUT2D eigenvalue weighted by Crippen LogP contribution is -2.16. The summed E-state index contributed by atoms with van der Waals surface area (Å²) in [5.74, 6) is 0.741. The van der Waals surface area contributed by atoms with Crippen LogP contribution in [0.2, 0.25) is 0 Å². The van der Waals surface area contributed by atoms with E-state index < -0.39 is 0 Å². The van der Waals surface area contributed by atoms with Crippen LogP contribution >= 0.6 is 15.9 Å². The van der Waals surface area contributed by atoms with Gasteiger partial charge in [-0.05, 0) is 40.2 Å². The van der Waals surface area contributed by atoms with Gasteiger partial charge < -0.3 is 10.1 Å². The number of carbonyl (C=O) groups is 1. The Bertz CT molecular complexity index is 818. The summed E-state index contributed by atoms with van der Waals surface area (Å²) in [5, 5.41) is 2.78. The standard InChI is InChI=1S/C15H12BrN5O2/c1-23-11-4-2-10(3-5-11)19-14(22)13-12(16)8-18-15(20-13)21-7-6-17-9-21/h2-9H,1H3,(H,19,22). The molecule has 1 N–H and O–H groups in total. The predicted octanol–water partition coefficient (Wildman–Crippen LogP) is 2.69. The van der Waals surface area contributed by atoms with E-state index in [1.54, 1.807) is 54.7 Å². The van der Waals surface area contributed by atoms with Gasteiger partial charge in [-0.25, -0.2) is 15.0 Å². The van der Waals surface area contributed by atoms with Crippen LogP contribution in [0.25, 0.3) is 5.95 Å². The van der Waals surface area contributed by atoms with Crippen molar-refractivity contribution in [2.75, 3.05) is 12.4 Å². The highest BCUT2D eigenvalue weighted by Gasteiger charge is 2.15. The van der Waals surface area contributed by atoms with Gasteiger partial charge in [0.2, 0.25) is 5.95 Å². The molecule has 0 saturated carbocycles. The van der Waals surface area contributed by atoms with Gasteiger partial charge >= 0.3 is 0 Å². The summed E-state index contributed by atoms with van der Waals surface area (Å²) in [5.41, 5.74) is 0.880. The highest BCUT2D eigenvalue weighted by Crippen LogP contribution is 2.19. The van der Waals surface area contributed by atoms with Gasteiger partial charge in [-0.3, -0.25) is 9.36 Å². The van der Waals surface area contributed by atoms with Crippen molar-refractivity contribution in [2.24, 2.45) is 0 Å². The molecular weight excluding hydrogens is 362 g/mol. The molecule has 0 aliphatic heterocycles. The highest BCUT2D eigenvalue weighted by atomic mass is 79.9. The van der Waals surface area contributed by atoms with Crippen molar-refractivity contribution >= 4 is 27.5 Å². The van der Waals surface area contributed by atoms with Crippen LogP contribution in [0.1, 0.15) is 10.5 Å². The maximum atomic E-state index is 12.4. The first-order chi connectivity index (χ1) is 11.2. The summed E-state index contributed by atoms with van der Waals surface area (Å²) >= 11 is 3.30. The SMILES string of the molecule is COc1ccc(NC(=O)c2nc(-n3ccnc3)ncc2Br)cc1. The van der Waals surface area contributed by atoms with Crippen LogP contribution < -0.4 is 10.1 Å². The summed E-state index contributed by atoms with van der Waals surface area (Å²) in [7, 11) is 1.59. The molecule has 0 bridgehead atoms. The number of anilines is 1. The van der Waals surface area contributed by atoms with Crippen LogP contribution in [0.4, 0.5) is 5.69 Å². The summed E-state index contributed by atoms with van der Waals surface area (Å²) in [4.78, 5) is 24.8. The Hall–Kier alpha value is -2.74. The summed E-state index contributed by atoms with van der Waals surface area (Å²) < 4.78 is 7.21. The molecule has 8 heteroatoms. The number of ether oxygens (including phenoxy) is 1. The van der Waals surface area contributed by atoms with Gasteiger partial charge in [-0.1, -0.05) is 0 Å². The van der Waals surface area contributed by atoms with Crippen LogP contribution in [0.15, 0.2) is 53.7 Å². The van der Waals surface area contributed by atoms with Crippen LogP contribution in [0, 0.1) is 0 Å². The van der Waals surface area contributed by atoms with E-state index in [0.717, 1.165) is 0 Å². The number of methoxy groups -OCH3 is 1. The van der Waals surface area contributed by atoms with Crippen molar-refractivity contribution in [2.45, 2.75) is 0 Å². The Morgan fingerprint density at radius 3 is 2.74 bits per heavy atom. The van der Waals surface area contributed by atoms with E-state index in [1.165, 1.54) is 6.20 Å². The minimum absolute atomic E-state index is 0.236. The molecular formula is C15H12BrN5O2. The number of hydrogen-bond acceptors (Lipinski definition) is 5. The lowest BCUT2D eigenvalue weighted by atomic mass is 10.3. The van der Waals surface area contributed by atoms with Crippen molar-refractivity contribution in [1.29, 1.82) is 0 Å². The zero-order valence-electron chi connectivity index (χ0n) is 12.1. The third-order valence-electron chi connectivity index (χ3n) is 3.03.